The minimum Gasteiger partial charge on any atom is -0.375 e. The molecule has 0 spiro atoms. The lowest BCUT2D eigenvalue weighted by atomic mass is 10.3. The van der Waals surface area contributed by atoms with Crippen molar-refractivity contribution in [3.63, 3.8) is 0 Å². The highest BCUT2D eigenvalue weighted by Crippen LogP contribution is 2.24. The molecule has 1 aromatic rings. The number of nitrogens with one attached hydrogen (secondary N) is 2. The lowest BCUT2D eigenvalue weighted by Gasteiger charge is -2.08. The number of halogens is 2. The van der Waals surface area contributed by atoms with Crippen LogP contribution in [0.25, 0.3) is 0 Å². The molecule has 86 valence electrons. The molecule has 0 saturated heterocycles. The van der Waals surface area contributed by atoms with Gasteiger partial charge in [-0.05, 0) is 18.2 Å². The molecule has 1 rings (SSSR count). The van der Waals surface area contributed by atoms with Crippen LogP contribution >= 0.6 is 23.2 Å². The second kappa shape index (κ2) is 6.40. The Hall–Kier alpha value is -1.19. The summed E-state index contributed by atoms with van der Waals surface area (Å²) in [5.74, 6) is -0.129. The summed E-state index contributed by atoms with van der Waals surface area (Å²) in [6, 6.07) is 5.03. The number of rotatable bonds is 5. The van der Waals surface area contributed by atoms with Crippen LogP contribution in [0.3, 0.4) is 0 Å². The molecular weight excluding hydrogens is 247 g/mol. The lowest BCUT2D eigenvalue weighted by molar-refractivity contribution is -0.119. The SMILES string of the molecule is C=CCNC(=O)CNc1cc(Cl)ccc1Cl. The minimum atomic E-state index is -0.129. The third kappa shape index (κ3) is 4.13. The summed E-state index contributed by atoms with van der Waals surface area (Å²) in [6.07, 6.45) is 1.62. The average Bonchev–Trinajstić information content (AvgIpc) is 2.27. The van der Waals surface area contributed by atoms with E-state index in [-0.39, 0.29) is 12.5 Å². The first kappa shape index (κ1) is 12.9. The van der Waals surface area contributed by atoms with Crippen molar-refractivity contribution in [3.05, 3.63) is 40.9 Å². The molecule has 0 atom stereocenters. The number of anilines is 1. The fourth-order valence-corrected chi connectivity index (χ4v) is 1.41. The van der Waals surface area contributed by atoms with Gasteiger partial charge < -0.3 is 10.6 Å². The number of amides is 1. The Morgan fingerprint density at radius 2 is 2.19 bits per heavy atom. The molecule has 0 aliphatic rings. The Morgan fingerprint density at radius 3 is 2.88 bits per heavy atom. The molecular formula is C11H12Cl2N2O. The standard InChI is InChI=1S/C11H12Cl2N2O/c1-2-5-14-11(16)7-15-10-6-8(12)3-4-9(10)13/h2-4,6,15H,1,5,7H2,(H,14,16). The number of carbonyl (C=O) groups excluding carboxylic acids is 1. The van der Waals surface area contributed by atoms with Gasteiger partial charge in [0.2, 0.25) is 5.91 Å². The van der Waals surface area contributed by atoms with Crippen molar-refractivity contribution in [1.29, 1.82) is 0 Å². The Balaban J connectivity index is 2.50. The van der Waals surface area contributed by atoms with E-state index in [1.807, 2.05) is 0 Å². The van der Waals surface area contributed by atoms with Crippen LogP contribution in [0.1, 0.15) is 0 Å². The summed E-state index contributed by atoms with van der Waals surface area (Å²) in [4.78, 5) is 11.3. The van der Waals surface area contributed by atoms with Crippen LogP contribution < -0.4 is 10.6 Å². The molecule has 0 heterocycles. The number of carbonyl (C=O) groups is 1. The average molecular weight is 259 g/mol. The van der Waals surface area contributed by atoms with Crippen LogP contribution in [0.5, 0.6) is 0 Å². The van der Waals surface area contributed by atoms with Gasteiger partial charge in [-0.2, -0.15) is 0 Å². The predicted octanol–water partition coefficient (Wildman–Crippen LogP) is 2.71. The smallest absolute Gasteiger partial charge is 0.239 e. The van der Waals surface area contributed by atoms with E-state index in [0.29, 0.717) is 22.3 Å². The van der Waals surface area contributed by atoms with Crippen molar-refractivity contribution in [2.24, 2.45) is 0 Å². The lowest BCUT2D eigenvalue weighted by Crippen LogP contribution is -2.29. The molecule has 0 aliphatic heterocycles. The summed E-state index contributed by atoms with van der Waals surface area (Å²) < 4.78 is 0. The van der Waals surface area contributed by atoms with Crippen molar-refractivity contribution in [2.45, 2.75) is 0 Å². The van der Waals surface area contributed by atoms with Crippen molar-refractivity contribution in [1.82, 2.24) is 5.32 Å². The van der Waals surface area contributed by atoms with Gasteiger partial charge in [-0.3, -0.25) is 4.79 Å². The van der Waals surface area contributed by atoms with Crippen molar-refractivity contribution in [3.8, 4) is 0 Å². The van der Waals surface area contributed by atoms with E-state index >= 15 is 0 Å². The molecule has 0 saturated carbocycles. The van der Waals surface area contributed by atoms with Crippen LogP contribution in [0.4, 0.5) is 5.69 Å². The normalized spacial score (nSPS) is 9.62. The summed E-state index contributed by atoms with van der Waals surface area (Å²) in [5.41, 5.74) is 0.642. The Bertz CT molecular complexity index is 394. The molecule has 0 aliphatic carbocycles. The van der Waals surface area contributed by atoms with E-state index in [4.69, 9.17) is 23.2 Å². The van der Waals surface area contributed by atoms with Crippen molar-refractivity contribution in [2.75, 3.05) is 18.4 Å². The van der Waals surface area contributed by atoms with Crippen LogP contribution in [0.15, 0.2) is 30.9 Å². The van der Waals surface area contributed by atoms with Gasteiger partial charge in [0.25, 0.3) is 0 Å². The fraction of sp³-hybridized carbons (Fsp3) is 0.182. The van der Waals surface area contributed by atoms with E-state index < -0.39 is 0 Å². The number of benzene rings is 1. The van der Waals surface area contributed by atoms with Gasteiger partial charge in [0, 0.05) is 11.6 Å². The Morgan fingerprint density at radius 1 is 1.44 bits per heavy atom. The summed E-state index contributed by atoms with van der Waals surface area (Å²) in [6.45, 7) is 4.10. The molecule has 5 heteroatoms. The number of hydrogen-bond acceptors (Lipinski definition) is 2. The highest BCUT2D eigenvalue weighted by Gasteiger charge is 2.03. The molecule has 1 aromatic carbocycles. The second-order valence-corrected chi connectivity index (χ2v) is 3.91. The zero-order valence-electron chi connectivity index (χ0n) is 8.59. The van der Waals surface area contributed by atoms with Crippen LogP contribution in [-0.4, -0.2) is 19.0 Å². The van der Waals surface area contributed by atoms with Crippen molar-refractivity contribution >= 4 is 34.8 Å². The third-order valence-corrected chi connectivity index (χ3v) is 2.38. The minimum absolute atomic E-state index is 0.129. The molecule has 0 bridgehead atoms. The van der Waals surface area contributed by atoms with Gasteiger partial charge in [-0.25, -0.2) is 0 Å². The van der Waals surface area contributed by atoms with Crippen LogP contribution in [0, 0.1) is 0 Å². The quantitative estimate of drug-likeness (QED) is 0.798. The van der Waals surface area contributed by atoms with Gasteiger partial charge in [0.1, 0.15) is 0 Å². The van der Waals surface area contributed by atoms with Crippen LogP contribution in [0.2, 0.25) is 10.0 Å². The highest BCUT2D eigenvalue weighted by atomic mass is 35.5. The van der Waals surface area contributed by atoms with E-state index in [9.17, 15) is 4.79 Å². The second-order valence-electron chi connectivity index (χ2n) is 3.07. The first-order valence-electron chi connectivity index (χ1n) is 4.70. The maximum absolute atomic E-state index is 11.3. The van der Waals surface area contributed by atoms with Crippen LogP contribution in [-0.2, 0) is 4.79 Å². The molecule has 0 aromatic heterocycles. The van der Waals surface area contributed by atoms with Gasteiger partial charge >= 0.3 is 0 Å². The molecule has 0 radical (unpaired) electrons. The predicted molar refractivity (Wildman–Crippen MR) is 68.2 cm³/mol. The van der Waals surface area contributed by atoms with Gasteiger partial charge in [-0.15, -0.1) is 6.58 Å². The monoisotopic (exact) mass is 258 g/mol. The summed E-state index contributed by atoms with van der Waals surface area (Å²) in [5, 5.41) is 6.64. The first-order chi connectivity index (χ1) is 7.63. The van der Waals surface area contributed by atoms with E-state index in [0.717, 1.165) is 0 Å². The topological polar surface area (TPSA) is 41.1 Å². The highest BCUT2D eigenvalue weighted by molar-refractivity contribution is 6.35. The summed E-state index contributed by atoms with van der Waals surface area (Å²) >= 11 is 11.7. The number of hydrogen-bond donors (Lipinski definition) is 2. The van der Waals surface area contributed by atoms with E-state index in [2.05, 4.69) is 17.2 Å². The third-order valence-electron chi connectivity index (χ3n) is 1.81. The molecule has 3 nitrogen and oxygen atoms in total. The maximum Gasteiger partial charge on any atom is 0.239 e. The first-order valence-corrected chi connectivity index (χ1v) is 5.45. The molecule has 16 heavy (non-hydrogen) atoms. The van der Waals surface area contributed by atoms with Gasteiger partial charge in [-0.1, -0.05) is 29.3 Å². The molecule has 2 N–H and O–H groups in total. The zero-order chi connectivity index (χ0) is 12.0. The fourth-order valence-electron chi connectivity index (χ4n) is 1.06. The molecule has 0 unspecified atom stereocenters. The van der Waals surface area contributed by atoms with Gasteiger partial charge in [0.15, 0.2) is 0 Å². The molecule has 0 fully saturated rings. The summed E-state index contributed by atoms with van der Waals surface area (Å²) in [7, 11) is 0. The van der Waals surface area contributed by atoms with E-state index in [1.165, 1.54) is 0 Å². The largest absolute Gasteiger partial charge is 0.375 e. The maximum atomic E-state index is 11.3. The van der Waals surface area contributed by atoms with Crippen molar-refractivity contribution < 1.29 is 4.79 Å². The van der Waals surface area contributed by atoms with Gasteiger partial charge in [0.05, 0.1) is 17.3 Å². The molecule has 1 amide bonds. The Kier molecular flexibility index (Phi) is 5.15. The zero-order valence-corrected chi connectivity index (χ0v) is 10.1. The van der Waals surface area contributed by atoms with E-state index in [1.54, 1.807) is 24.3 Å². The Labute approximate surface area is 104 Å².